The highest BCUT2D eigenvalue weighted by Crippen LogP contribution is 2.48. The van der Waals surface area contributed by atoms with Crippen molar-refractivity contribution in [3.05, 3.63) is 23.3 Å². The summed E-state index contributed by atoms with van der Waals surface area (Å²) < 4.78 is 16.0. The number of carboxylic acid groups (broad SMARTS) is 1. The molecule has 1 atom stereocenters. The predicted molar refractivity (Wildman–Crippen MR) is 70.1 cm³/mol. The second-order valence-corrected chi connectivity index (χ2v) is 4.21. The first-order chi connectivity index (χ1) is 9.12. The fourth-order valence-electron chi connectivity index (χ4n) is 2.40. The molecule has 5 heteroatoms. The van der Waals surface area contributed by atoms with Crippen molar-refractivity contribution in [3.8, 4) is 17.2 Å². The Morgan fingerprint density at radius 1 is 1.21 bits per heavy atom. The number of hydrogen-bond acceptors (Lipinski definition) is 4. The molecule has 0 spiro atoms. The molecule has 5 nitrogen and oxygen atoms in total. The van der Waals surface area contributed by atoms with E-state index in [2.05, 4.69) is 0 Å². The molecule has 0 bridgehead atoms. The van der Waals surface area contributed by atoms with Gasteiger partial charge in [0.2, 0.25) is 0 Å². The minimum atomic E-state index is -0.848. The molecule has 1 aromatic carbocycles. The van der Waals surface area contributed by atoms with Crippen LogP contribution in [0.1, 0.15) is 23.5 Å². The maximum Gasteiger partial charge on any atom is 0.304 e. The van der Waals surface area contributed by atoms with Gasteiger partial charge >= 0.3 is 5.97 Å². The Morgan fingerprint density at radius 2 is 1.89 bits per heavy atom. The highest BCUT2D eigenvalue weighted by Gasteiger charge is 2.28. The van der Waals surface area contributed by atoms with E-state index < -0.39 is 5.97 Å². The van der Waals surface area contributed by atoms with E-state index in [0.29, 0.717) is 17.2 Å². The highest BCUT2D eigenvalue weighted by atomic mass is 16.5. The van der Waals surface area contributed by atoms with Gasteiger partial charge in [-0.25, -0.2) is 0 Å². The second-order valence-electron chi connectivity index (χ2n) is 4.21. The Morgan fingerprint density at radius 3 is 2.42 bits per heavy atom. The Labute approximate surface area is 111 Å². The molecule has 1 unspecified atom stereocenters. The topological polar surface area (TPSA) is 65.0 Å². The molecule has 2 rings (SSSR count). The van der Waals surface area contributed by atoms with Crippen molar-refractivity contribution in [2.24, 2.45) is 0 Å². The average Bonchev–Trinajstić information content (AvgIpc) is 2.80. The van der Waals surface area contributed by atoms with Gasteiger partial charge in [-0.05, 0) is 0 Å². The number of methoxy groups -OCH3 is 3. The molecule has 102 valence electrons. The van der Waals surface area contributed by atoms with Crippen molar-refractivity contribution < 1.29 is 24.1 Å². The van der Waals surface area contributed by atoms with Gasteiger partial charge in [0.25, 0.3) is 0 Å². The lowest BCUT2D eigenvalue weighted by atomic mass is 9.95. The molecule has 19 heavy (non-hydrogen) atoms. The third-order valence-electron chi connectivity index (χ3n) is 3.19. The number of allylic oxidation sites excluding steroid dienone is 1. The fraction of sp³-hybridized carbons (Fsp3) is 0.357. The first-order valence-electron chi connectivity index (χ1n) is 5.85. The van der Waals surface area contributed by atoms with Gasteiger partial charge in [-0.3, -0.25) is 4.79 Å². The largest absolute Gasteiger partial charge is 0.496 e. The van der Waals surface area contributed by atoms with Gasteiger partial charge in [0.05, 0.1) is 27.8 Å². The highest BCUT2D eigenvalue weighted by molar-refractivity contribution is 5.78. The van der Waals surface area contributed by atoms with Crippen molar-refractivity contribution in [3.63, 3.8) is 0 Å². The molecule has 0 fully saturated rings. The molecule has 0 heterocycles. The zero-order valence-corrected chi connectivity index (χ0v) is 11.1. The van der Waals surface area contributed by atoms with Crippen molar-refractivity contribution >= 4 is 12.0 Å². The summed E-state index contributed by atoms with van der Waals surface area (Å²) in [6.07, 6.45) is 3.73. The minimum absolute atomic E-state index is 0.0232. The number of carbonyl (C=O) groups is 1. The number of ether oxygens (including phenoxy) is 3. The minimum Gasteiger partial charge on any atom is -0.496 e. The van der Waals surface area contributed by atoms with Crippen LogP contribution in [0.3, 0.4) is 0 Å². The number of fused-ring (bicyclic) bond motifs is 1. The summed E-state index contributed by atoms with van der Waals surface area (Å²) in [6.45, 7) is 0. The Balaban J connectivity index is 2.57. The van der Waals surface area contributed by atoms with E-state index >= 15 is 0 Å². The van der Waals surface area contributed by atoms with Crippen molar-refractivity contribution in [2.75, 3.05) is 21.3 Å². The van der Waals surface area contributed by atoms with Gasteiger partial charge in [0, 0.05) is 23.1 Å². The first-order valence-corrected chi connectivity index (χ1v) is 5.85. The molecular formula is C14H16O5. The molecule has 1 aliphatic rings. The quantitative estimate of drug-likeness (QED) is 0.884. The van der Waals surface area contributed by atoms with E-state index in [-0.39, 0.29) is 12.3 Å². The maximum atomic E-state index is 10.9. The number of benzene rings is 1. The van der Waals surface area contributed by atoms with Crippen molar-refractivity contribution in [1.82, 2.24) is 0 Å². The van der Waals surface area contributed by atoms with Crippen LogP contribution in [0, 0.1) is 0 Å². The molecule has 0 radical (unpaired) electrons. The van der Waals surface area contributed by atoms with Gasteiger partial charge in [-0.2, -0.15) is 0 Å². The molecule has 0 amide bonds. The molecule has 1 N–H and O–H groups in total. The Bertz CT molecular complexity index is 533. The lowest BCUT2D eigenvalue weighted by Gasteiger charge is -2.18. The number of hydrogen-bond donors (Lipinski definition) is 1. The summed E-state index contributed by atoms with van der Waals surface area (Å²) in [5, 5.41) is 8.96. The van der Waals surface area contributed by atoms with Crippen LogP contribution < -0.4 is 14.2 Å². The normalized spacial score (nSPS) is 16.1. The van der Waals surface area contributed by atoms with Crippen LogP contribution in [0.2, 0.25) is 0 Å². The second kappa shape index (κ2) is 5.22. The number of rotatable bonds is 5. The molecule has 0 aliphatic heterocycles. The zero-order chi connectivity index (χ0) is 14.0. The number of carboxylic acids is 1. The van der Waals surface area contributed by atoms with E-state index in [0.717, 1.165) is 11.1 Å². The Kier molecular flexibility index (Phi) is 3.64. The lowest BCUT2D eigenvalue weighted by molar-refractivity contribution is -0.137. The lowest BCUT2D eigenvalue weighted by Crippen LogP contribution is -2.06. The Hall–Kier alpha value is -2.17. The van der Waals surface area contributed by atoms with E-state index in [1.54, 1.807) is 27.4 Å². The number of aliphatic carboxylic acids is 1. The van der Waals surface area contributed by atoms with Crippen molar-refractivity contribution in [2.45, 2.75) is 12.3 Å². The molecule has 0 saturated heterocycles. The third-order valence-corrected chi connectivity index (χ3v) is 3.19. The SMILES string of the molecule is COc1cc(OC)c2c(c1OC)C=CC2CC(=O)O. The zero-order valence-electron chi connectivity index (χ0n) is 11.1. The first kappa shape index (κ1) is 13.3. The van der Waals surface area contributed by atoms with Crippen LogP contribution in [0.5, 0.6) is 17.2 Å². The molecule has 0 saturated carbocycles. The predicted octanol–water partition coefficient (Wildman–Crippen LogP) is 2.30. The van der Waals surface area contributed by atoms with Crippen LogP contribution in [0.25, 0.3) is 6.08 Å². The summed E-state index contributed by atoms with van der Waals surface area (Å²) in [4.78, 5) is 10.9. The van der Waals surface area contributed by atoms with Crippen LogP contribution in [0.4, 0.5) is 0 Å². The van der Waals surface area contributed by atoms with Crippen LogP contribution in [-0.4, -0.2) is 32.4 Å². The monoisotopic (exact) mass is 264 g/mol. The van der Waals surface area contributed by atoms with Gasteiger partial charge in [-0.15, -0.1) is 0 Å². The van der Waals surface area contributed by atoms with Crippen LogP contribution >= 0.6 is 0 Å². The van der Waals surface area contributed by atoms with E-state index in [1.165, 1.54) is 0 Å². The van der Waals surface area contributed by atoms with Crippen LogP contribution in [-0.2, 0) is 4.79 Å². The average molecular weight is 264 g/mol. The standard InChI is InChI=1S/C14H16O5/c1-17-10-7-11(18-2)14(19-3)9-5-4-8(13(9)10)6-12(15)16/h4-5,7-8H,6H2,1-3H3,(H,15,16). The summed E-state index contributed by atoms with van der Waals surface area (Å²) in [6, 6.07) is 1.72. The van der Waals surface area contributed by atoms with E-state index in [4.69, 9.17) is 19.3 Å². The molecular weight excluding hydrogens is 248 g/mol. The summed E-state index contributed by atoms with van der Waals surface area (Å²) >= 11 is 0. The maximum absolute atomic E-state index is 10.9. The smallest absolute Gasteiger partial charge is 0.304 e. The van der Waals surface area contributed by atoms with Gasteiger partial charge in [0.15, 0.2) is 11.5 Å². The van der Waals surface area contributed by atoms with Crippen LogP contribution in [0.15, 0.2) is 12.1 Å². The molecule has 1 aliphatic carbocycles. The van der Waals surface area contributed by atoms with Gasteiger partial charge < -0.3 is 19.3 Å². The molecule has 0 aromatic heterocycles. The summed E-state index contributed by atoms with van der Waals surface area (Å²) in [5.41, 5.74) is 1.66. The van der Waals surface area contributed by atoms with Gasteiger partial charge in [0.1, 0.15) is 5.75 Å². The van der Waals surface area contributed by atoms with E-state index in [1.807, 2.05) is 12.2 Å². The third kappa shape index (κ3) is 2.23. The van der Waals surface area contributed by atoms with Crippen molar-refractivity contribution in [1.29, 1.82) is 0 Å². The van der Waals surface area contributed by atoms with Gasteiger partial charge in [-0.1, -0.05) is 12.2 Å². The molecule has 1 aromatic rings. The summed E-state index contributed by atoms with van der Waals surface area (Å²) in [7, 11) is 4.66. The van der Waals surface area contributed by atoms with E-state index in [9.17, 15) is 4.79 Å². The summed E-state index contributed by atoms with van der Waals surface area (Å²) in [5.74, 6) is 0.728. The fourth-order valence-corrected chi connectivity index (χ4v) is 2.40.